The van der Waals surface area contributed by atoms with Gasteiger partial charge in [-0.15, -0.1) is 0 Å². The molecule has 0 aliphatic rings. The van der Waals surface area contributed by atoms with Gasteiger partial charge in [-0.05, 0) is 46.9 Å². The number of rotatable bonds is 0. The monoisotopic (exact) mass is 349 g/mol. The largest absolute Gasteiger partial charge is 0.481 e. The fourth-order valence-electron chi connectivity index (χ4n) is 0.524. The van der Waals surface area contributed by atoms with E-state index in [9.17, 15) is 0 Å². The Morgan fingerprint density at radius 2 is 1.41 bits per heavy atom. The minimum absolute atomic E-state index is 0.718. The van der Waals surface area contributed by atoms with Gasteiger partial charge < -0.3 is 10.2 Å². The van der Waals surface area contributed by atoms with E-state index in [1.165, 1.54) is 0 Å². The number of hydrogen-bond acceptors (Lipinski definition) is 3. The van der Waals surface area contributed by atoms with E-state index in [0.717, 1.165) is 23.0 Å². The second-order valence-electron chi connectivity index (χ2n) is 2.66. The number of carboxylic acid groups (broad SMARTS) is 2. The van der Waals surface area contributed by atoms with E-state index in [2.05, 4.69) is 28.7 Å². The number of hydrogen-bond donors (Lipinski definition) is 2. The molecule has 0 unspecified atom stereocenters. The number of halogens is 1. The van der Waals surface area contributed by atoms with Crippen LogP contribution in [-0.4, -0.2) is 22.2 Å². The van der Waals surface area contributed by atoms with Gasteiger partial charge in [0.15, 0.2) is 0 Å². The quantitative estimate of drug-likeness (QED) is 0.701. The van der Waals surface area contributed by atoms with Gasteiger partial charge in [-0.25, -0.2) is 0 Å². The summed E-state index contributed by atoms with van der Waals surface area (Å²) in [6, 6.07) is 9.50. The van der Waals surface area contributed by atoms with Crippen LogP contribution < -0.4 is 0 Å². The van der Waals surface area contributed by atoms with Gasteiger partial charge in [-0.2, -0.15) is 5.26 Å². The zero-order chi connectivity index (χ0) is 13.8. The molecule has 1 rings (SSSR count). The maximum atomic E-state index is 9.00. The molecule has 0 spiro atoms. The predicted octanol–water partition coefficient (Wildman–Crippen LogP) is 2.34. The molecule has 0 amide bonds. The van der Waals surface area contributed by atoms with Gasteiger partial charge in [0.2, 0.25) is 0 Å². The minimum Gasteiger partial charge on any atom is -0.481 e. The third-order valence-electron chi connectivity index (χ3n) is 0.973. The molecular weight excluding hydrogens is 337 g/mol. The van der Waals surface area contributed by atoms with Gasteiger partial charge >= 0.3 is 0 Å². The van der Waals surface area contributed by atoms with Crippen LogP contribution in [-0.2, 0) is 9.59 Å². The van der Waals surface area contributed by atoms with E-state index in [-0.39, 0.29) is 0 Å². The van der Waals surface area contributed by atoms with Crippen molar-refractivity contribution in [2.45, 2.75) is 13.8 Å². The Kier molecular flexibility index (Phi) is 11.4. The maximum Gasteiger partial charge on any atom is 0.300 e. The van der Waals surface area contributed by atoms with Crippen LogP contribution >= 0.6 is 22.6 Å². The van der Waals surface area contributed by atoms with Crippen LogP contribution in [0.1, 0.15) is 19.4 Å². The highest BCUT2D eigenvalue weighted by molar-refractivity contribution is 14.1. The van der Waals surface area contributed by atoms with Crippen LogP contribution in [0.5, 0.6) is 0 Å². The van der Waals surface area contributed by atoms with Crippen LogP contribution in [0.25, 0.3) is 0 Å². The second kappa shape index (κ2) is 10.9. The van der Waals surface area contributed by atoms with Crippen molar-refractivity contribution in [3.63, 3.8) is 0 Å². The highest BCUT2D eigenvalue weighted by Gasteiger charge is 1.86. The number of nitriles is 1. The van der Waals surface area contributed by atoms with Crippen molar-refractivity contribution in [1.29, 1.82) is 5.26 Å². The summed E-state index contributed by atoms with van der Waals surface area (Å²) in [5, 5.41) is 23.2. The summed E-state index contributed by atoms with van der Waals surface area (Å²) in [4.78, 5) is 18.0. The molecule has 1 aromatic carbocycles. The molecule has 0 aliphatic heterocycles. The molecule has 0 heterocycles. The Balaban J connectivity index is 0. The van der Waals surface area contributed by atoms with Gasteiger partial charge in [0.1, 0.15) is 0 Å². The van der Waals surface area contributed by atoms with Gasteiger partial charge in [0, 0.05) is 17.4 Å². The molecule has 0 atom stereocenters. The summed E-state index contributed by atoms with van der Waals surface area (Å²) < 4.78 is 1.16. The van der Waals surface area contributed by atoms with Gasteiger partial charge in [0.05, 0.1) is 11.6 Å². The Hall–Kier alpha value is -1.62. The average Bonchev–Trinajstić information content (AvgIpc) is 2.17. The normalized spacial score (nSPS) is 7.41. The van der Waals surface area contributed by atoms with Crippen molar-refractivity contribution >= 4 is 34.5 Å². The van der Waals surface area contributed by atoms with Crippen LogP contribution in [0.15, 0.2) is 24.3 Å². The smallest absolute Gasteiger partial charge is 0.300 e. The molecule has 5 nitrogen and oxygen atoms in total. The molecule has 0 bridgehead atoms. The first-order valence-corrected chi connectivity index (χ1v) is 5.42. The first-order chi connectivity index (χ1) is 7.79. The third-order valence-corrected chi connectivity index (χ3v) is 1.69. The fraction of sp³-hybridized carbons (Fsp3) is 0.182. The molecule has 92 valence electrons. The zero-order valence-corrected chi connectivity index (χ0v) is 11.5. The number of aliphatic carboxylic acids is 2. The predicted molar refractivity (Wildman–Crippen MR) is 70.5 cm³/mol. The highest BCUT2D eigenvalue weighted by Crippen LogP contribution is 2.04. The van der Waals surface area contributed by atoms with E-state index >= 15 is 0 Å². The molecule has 1 aromatic rings. The number of carbonyl (C=O) groups is 2. The van der Waals surface area contributed by atoms with Crippen molar-refractivity contribution in [3.8, 4) is 6.07 Å². The average molecular weight is 349 g/mol. The Morgan fingerprint density at radius 3 is 1.65 bits per heavy atom. The van der Waals surface area contributed by atoms with Crippen LogP contribution in [0, 0.1) is 14.9 Å². The van der Waals surface area contributed by atoms with Crippen LogP contribution in [0.3, 0.4) is 0 Å². The first kappa shape index (κ1) is 17.8. The fourth-order valence-corrected chi connectivity index (χ4v) is 0.884. The van der Waals surface area contributed by atoms with E-state index in [1.54, 1.807) is 0 Å². The van der Waals surface area contributed by atoms with Crippen LogP contribution in [0.4, 0.5) is 0 Å². The number of carboxylic acids is 2. The molecule has 2 N–H and O–H groups in total. The number of nitrogens with zero attached hydrogens (tertiary/aromatic N) is 1. The second-order valence-corrected chi connectivity index (χ2v) is 3.90. The Labute approximate surface area is 113 Å². The Bertz CT molecular complexity index is 375. The Morgan fingerprint density at radius 1 is 1.12 bits per heavy atom. The lowest BCUT2D eigenvalue weighted by Crippen LogP contribution is -1.78. The first-order valence-electron chi connectivity index (χ1n) is 4.34. The van der Waals surface area contributed by atoms with Crippen molar-refractivity contribution in [2.75, 3.05) is 0 Å². The van der Waals surface area contributed by atoms with E-state index in [1.807, 2.05) is 24.3 Å². The van der Waals surface area contributed by atoms with Crippen molar-refractivity contribution in [1.82, 2.24) is 0 Å². The molecule has 17 heavy (non-hydrogen) atoms. The van der Waals surface area contributed by atoms with Crippen LogP contribution in [0.2, 0.25) is 0 Å². The lowest BCUT2D eigenvalue weighted by atomic mass is 10.2. The van der Waals surface area contributed by atoms with E-state index in [0.29, 0.717) is 0 Å². The zero-order valence-electron chi connectivity index (χ0n) is 9.35. The molecular formula is C11H12INO4. The van der Waals surface area contributed by atoms with Gasteiger partial charge in [-0.3, -0.25) is 9.59 Å². The van der Waals surface area contributed by atoms with Crippen molar-refractivity contribution in [3.05, 3.63) is 33.4 Å². The minimum atomic E-state index is -0.833. The topological polar surface area (TPSA) is 98.4 Å². The molecule has 0 fully saturated rings. The van der Waals surface area contributed by atoms with Gasteiger partial charge in [0.25, 0.3) is 11.9 Å². The summed E-state index contributed by atoms with van der Waals surface area (Å²) in [5.41, 5.74) is 0.718. The van der Waals surface area contributed by atoms with Crippen molar-refractivity contribution < 1.29 is 19.8 Å². The van der Waals surface area contributed by atoms with E-state index < -0.39 is 11.9 Å². The molecule has 6 heteroatoms. The molecule has 0 radical (unpaired) electrons. The summed E-state index contributed by atoms with van der Waals surface area (Å²) in [6.07, 6.45) is 0. The summed E-state index contributed by atoms with van der Waals surface area (Å²) in [6.45, 7) is 2.17. The summed E-state index contributed by atoms with van der Waals surface area (Å²) in [5.74, 6) is -1.67. The van der Waals surface area contributed by atoms with Gasteiger partial charge in [-0.1, -0.05) is 0 Å². The summed E-state index contributed by atoms with van der Waals surface area (Å²) >= 11 is 2.20. The SMILES string of the molecule is CC(=O)O.CC(=O)O.N#Cc1ccc(I)cc1. The third kappa shape index (κ3) is 20.5. The molecule has 0 aliphatic carbocycles. The maximum absolute atomic E-state index is 9.00. The molecule has 0 saturated heterocycles. The highest BCUT2D eigenvalue weighted by atomic mass is 127. The van der Waals surface area contributed by atoms with Crippen molar-refractivity contribution in [2.24, 2.45) is 0 Å². The summed E-state index contributed by atoms with van der Waals surface area (Å²) in [7, 11) is 0. The molecule has 0 saturated carbocycles. The lowest BCUT2D eigenvalue weighted by Gasteiger charge is -1.86. The number of benzene rings is 1. The van der Waals surface area contributed by atoms with E-state index in [4.69, 9.17) is 25.1 Å². The lowest BCUT2D eigenvalue weighted by molar-refractivity contribution is -0.135. The molecule has 0 aromatic heterocycles. The standard InChI is InChI=1S/C7H4IN.2C2H4O2/c8-7-3-1-6(5-9)2-4-7;2*1-2(3)4/h1-4H;2*1H3,(H,3,4).